The van der Waals surface area contributed by atoms with E-state index in [0.29, 0.717) is 16.4 Å². The Morgan fingerprint density at radius 1 is 1.41 bits per heavy atom. The highest BCUT2D eigenvalue weighted by Gasteiger charge is 2.12. The summed E-state index contributed by atoms with van der Waals surface area (Å²) in [7, 11) is 0. The minimum Gasteiger partial charge on any atom is -0.319 e. The second kappa shape index (κ2) is 4.85. The summed E-state index contributed by atoms with van der Waals surface area (Å²) in [5.41, 5.74) is 3.13. The van der Waals surface area contributed by atoms with E-state index in [9.17, 15) is 4.79 Å². The van der Waals surface area contributed by atoms with Crippen molar-refractivity contribution in [2.45, 2.75) is 13.8 Å². The first-order valence-corrected chi connectivity index (χ1v) is 6.36. The molecular weight excluding hydrogens is 256 g/mol. The molecule has 88 valence electrons. The number of rotatable bonds is 2. The lowest BCUT2D eigenvalue weighted by atomic mass is 10.2. The number of nitrogens with one attached hydrogen (secondary N) is 1. The number of hydrogen-bond donors (Lipinski definition) is 1. The summed E-state index contributed by atoms with van der Waals surface area (Å²) in [5, 5.41) is 6.83. The first-order valence-electron chi connectivity index (χ1n) is 5.04. The van der Waals surface area contributed by atoms with Crippen molar-refractivity contribution in [1.82, 2.24) is 4.98 Å². The highest BCUT2D eigenvalue weighted by Crippen LogP contribution is 2.22. The number of anilines is 1. The molecule has 0 aliphatic carbocycles. The Hall–Kier alpha value is -1.39. The van der Waals surface area contributed by atoms with Gasteiger partial charge in [0.1, 0.15) is 0 Å². The van der Waals surface area contributed by atoms with Crippen LogP contribution in [0.15, 0.2) is 23.0 Å². The summed E-state index contributed by atoms with van der Waals surface area (Å²) in [6.45, 7) is 3.80. The molecule has 0 radical (unpaired) electrons. The molecule has 0 aliphatic rings. The van der Waals surface area contributed by atoms with Gasteiger partial charge in [0.15, 0.2) is 5.15 Å². The number of thiophene rings is 1. The monoisotopic (exact) mass is 266 g/mol. The molecule has 0 atom stereocenters. The molecule has 2 aromatic heterocycles. The predicted molar refractivity (Wildman–Crippen MR) is 71.0 cm³/mol. The Morgan fingerprint density at radius 3 is 2.82 bits per heavy atom. The average Bonchev–Trinajstić information content (AvgIpc) is 2.70. The van der Waals surface area contributed by atoms with E-state index in [2.05, 4.69) is 10.3 Å². The van der Waals surface area contributed by atoms with Gasteiger partial charge in [-0.05, 0) is 36.4 Å². The van der Waals surface area contributed by atoms with Gasteiger partial charge in [0.05, 0.1) is 11.3 Å². The van der Waals surface area contributed by atoms with Crippen molar-refractivity contribution in [2.24, 2.45) is 0 Å². The van der Waals surface area contributed by atoms with Crippen molar-refractivity contribution in [2.75, 3.05) is 5.32 Å². The smallest absolute Gasteiger partial charge is 0.256 e. The first kappa shape index (κ1) is 12.1. The number of carbonyl (C=O) groups is 1. The van der Waals surface area contributed by atoms with Crippen molar-refractivity contribution in [3.8, 4) is 0 Å². The normalized spacial score (nSPS) is 10.3. The Balaban J connectivity index is 2.24. The fraction of sp³-hybridized carbons (Fsp3) is 0.167. The molecule has 3 nitrogen and oxygen atoms in total. The summed E-state index contributed by atoms with van der Waals surface area (Å²) in [4.78, 5) is 16.0. The maximum Gasteiger partial charge on any atom is 0.256 e. The lowest BCUT2D eigenvalue weighted by molar-refractivity contribution is 0.102. The molecule has 0 saturated heterocycles. The molecule has 5 heteroatoms. The van der Waals surface area contributed by atoms with Gasteiger partial charge in [-0.25, -0.2) is 4.98 Å². The number of nitrogens with zero attached hydrogens (tertiary/aromatic N) is 1. The van der Waals surface area contributed by atoms with Crippen molar-refractivity contribution in [3.05, 3.63) is 44.9 Å². The second-order valence-electron chi connectivity index (χ2n) is 3.77. The van der Waals surface area contributed by atoms with Crippen molar-refractivity contribution in [1.29, 1.82) is 0 Å². The third-order valence-electron chi connectivity index (χ3n) is 2.32. The van der Waals surface area contributed by atoms with Gasteiger partial charge in [-0.3, -0.25) is 4.79 Å². The Kier molecular flexibility index (Phi) is 3.45. The maximum atomic E-state index is 12.0. The number of halogens is 1. The van der Waals surface area contributed by atoms with Gasteiger partial charge in [-0.1, -0.05) is 11.6 Å². The van der Waals surface area contributed by atoms with Crippen LogP contribution in [0, 0.1) is 13.8 Å². The zero-order valence-electron chi connectivity index (χ0n) is 9.45. The van der Waals surface area contributed by atoms with Crippen molar-refractivity contribution >= 4 is 34.5 Å². The van der Waals surface area contributed by atoms with Crippen molar-refractivity contribution < 1.29 is 4.79 Å². The Bertz CT molecular complexity index is 565. The SMILES string of the molecule is Cc1cnc(Cl)c(NC(=O)c2cscc2C)c1. The standard InChI is InChI=1S/C12H11ClN2OS/c1-7-3-10(11(13)14-4-7)15-12(16)9-6-17-5-8(9)2/h3-6H,1-2H3,(H,15,16). The molecule has 1 N–H and O–H groups in total. The van der Waals surface area contributed by atoms with Crippen LogP contribution >= 0.6 is 22.9 Å². The van der Waals surface area contributed by atoms with Gasteiger partial charge in [0.2, 0.25) is 0 Å². The van der Waals surface area contributed by atoms with E-state index in [0.717, 1.165) is 11.1 Å². The molecular formula is C12H11ClN2OS. The lowest BCUT2D eigenvalue weighted by Crippen LogP contribution is -2.12. The number of aryl methyl sites for hydroxylation is 2. The van der Waals surface area contributed by atoms with Crippen LogP contribution in [-0.4, -0.2) is 10.9 Å². The van der Waals surface area contributed by atoms with Crippen LogP contribution in [0.4, 0.5) is 5.69 Å². The number of hydrogen-bond acceptors (Lipinski definition) is 3. The van der Waals surface area contributed by atoms with E-state index in [1.165, 1.54) is 11.3 Å². The van der Waals surface area contributed by atoms with Crippen LogP contribution in [0.25, 0.3) is 0 Å². The summed E-state index contributed by atoms with van der Waals surface area (Å²) in [5.74, 6) is -0.155. The van der Waals surface area contributed by atoms with Crippen molar-refractivity contribution in [3.63, 3.8) is 0 Å². The van der Waals surface area contributed by atoms with Gasteiger partial charge >= 0.3 is 0 Å². The molecule has 2 heterocycles. The minimum absolute atomic E-state index is 0.155. The summed E-state index contributed by atoms with van der Waals surface area (Å²) in [6.07, 6.45) is 1.66. The van der Waals surface area contributed by atoms with Gasteiger partial charge in [0.25, 0.3) is 5.91 Å². The average molecular weight is 267 g/mol. The quantitative estimate of drug-likeness (QED) is 0.843. The number of carbonyl (C=O) groups excluding carboxylic acids is 1. The zero-order valence-corrected chi connectivity index (χ0v) is 11.0. The molecule has 0 fully saturated rings. The molecule has 0 spiro atoms. The van der Waals surface area contributed by atoms with Crippen LogP contribution in [0.2, 0.25) is 5.15 Å². The second-order valence-corrected chi connectivity index (χ2v) is 4.88. The fourth-order valence-electron chi connectivity index (χ4n) is 1.42. The van der Waals surface area contributed by atoms with E-state index < -0.39 is 0 Å². The third-order valence-corrected chi connectivity index (χ3v) is 3.49. The number of pyridine rings is 1. The molecule has 1 amide bonds. The highest BCUT2D eigenvalue weighted by molar-refractivity contribution is 7.08. The van der Waals surface area contributed by atoms with Gasteiger partial charge in [-0.15, -0.1) is 0 Å². The molecule has 0 aliphatic heterocycles. The topological polar surface area (TPSA) is 42.0 Å². The number of aromatic nitrogens is 1. The van der Waals surface area contributed by atoms with Gasteiger partial charge in [0, 0.05) is 11.6 Å². The molecule has 0 aromatic carbocycles. The largest absolute Gasteiger partial charge is 0.319 e. The minimum atomic E-state index is -0.155. The van der Waals surface area contributed by atoms with Crippen LogP contribution in [-0.2, 0) is 0 Å². The number of amides is 1. The first-order chi connectivity index (χ1) is 8.08. The summed E-state index contributed by atoms with van der Waals surface area (Å²) in [6, 6.07) is 1.80. The molecule has 0 saturated carbocycles. The van der Waals surface area contributed by atoms with E-state index in [4.69, 9.17) is 11.6 Å². The third kappa shape index (κ3) is 2.65. The van der Waals surface area contributed by atoms with Crippen LogP contribution in [0.3, 0.4) is 0 Å². The molecule has 2 rings (SSSR count). The molecule has 2 aromatic rings. The Morgan fingerprint density at radius 2 is 2.18 bits per heavy atom. The van der Waals surface area contributed by atoms with Crippen LogP contribution in [0.1, 0.15) is 21.5 Å². The van der Waals surface area contributed by atoms with Crippen LogP contribution < -0.4 is 5.32 Å². The fourth-order valence-corrected chi connectivity index (χ4v) is 2.40. The van der Waals surface area contributed by atoms with Gasteiger partial charge < -0.3 is 5.32 Å². The molecule has 17 heavy (non-hydrogen) atoms. The summed E-state index contributed by atoms with van der Waals surface area (Å²) >= 11 is 7.42. The predicted octanol–water partition coefficient (Wildman–Crippen LogP) is 3.67. The molecule has 0 unspecified atom stereocenters. The van der Waals surface area contributed by atoms with Gasteiger partial charge in [-0.2, -0.15) is 11.3 Å². The van der Waals surface area contributed by atoms with E-state index in [1.807, 2.05) is 24.6 Å². The maximum absolute atomic E-state index is 12.0. The molecule has 0 bridgehead atoms. The van der Waals surface area contributed by atoms with Crippen LogP contribution in [0.5, 0.6) is 0 Å². The zero-order chi connectivity index (χ0) is 12.4. The van der Waals surface area contributed by atoms with E-state index >= 15 is 0 Å². The van der Waals surface area contributed by atoms with E-state index in [1.54, 1.807) is 12.3 Å². The summed E-state index contributed by atoms with van der Waals surface area (Å²) < 4.78 is 0. The van der Waals surface area contributed by atoms with E-state index in [-0.39, 0.29) is 5.91 Å². The highest BCUT2D eigenvalue weighted by atomic mass is 35.5. The Labute approximate surface area is 108 Å². The lowest BCUT2D eigenvalue weighted by Gasteiger charge is -2.07.